The van der Waals surface area contributed by atoms with Crippen molar-refractivity contribution in [2.75, 3.05) is 26.9 Å². The fourth-order valence-corrected chi connectivity index (χ4v) is 1.62. The molecular formula is C11H19F2NO2. The summed E-state index contributed by atoms with van der Waals surface area (Å²) in [6.45, 7) is 0.564. The molecule has 1 unspecified atom stereocenters. The molecular weight excluding hydrogens is 216 g/mol. The first kappa shape index (κ1) is 13.4. The van der Waals surface area contributed by atoms with Gasteiger partial charge in [0.1, 0.15) is 12.4 Å². The van der Waals surface area contributed by atoms with Gasteiger partial charge in [-0.1, -0.05) is 0 Å². The zero-order valence-electron chi connectivity index (χ0n) is 9.55. The first-order chi connectivity index (χ1) is 7.74. The lowest BCUT2D eigenvalue weighted by molar-refractivity contribution is 0.0136. The molecule has 1 aliphatic rings. The van der Waals surface area contributed by atoms with Gasteiger partial charge in [0.05, 0.1) is 12.6 Å². The summed E-state index contributed by atoms with van der Waals surface area (Å²) in [5.41, 5.74) is 0. The van der Waals surface area contributed by atoms with E-state index >= 15 is 0 Å². The van der Waals surface area contributed by atoms with Gasteiger partial charge in [-0.2, -0.15) is 0 Å². The number of likely N-dealkylation sites (N-methyl/N-ethyl adjacent to an activating group) is 1. The highest BCUT2D eigenvalue weighted by Crippen LogP contribution is 2.15. The summed E-state index contributed by atoms with van der Waals surface area (Å²) in [5, 5.41) is 3.10. The van der Waals surface area contributed by atoms with E-state index in [9.17, 15) is 8.78 Å². The first-order valence-corrected chi connectivity index (χ1v) is 5.60. The number of alkyl halides is 2. The largest absolute Gasteiger partial charge is 0.497 e. The van der Waals surface area contributed by atoms with Crippen LogP contribution in [0.5, 0.6) is 0 Å². The van der Waals surface area contributed by atoms with E-state index in [1.165, 1.54) is 0 Å². The fourth-order valence-electron chi connectivity index (χ4n) is 1.62. The normalized spacial score (nSPS) is 18.1. The Morgan fingerprint density at radius 2 is 2.38 bits per heavy atom. The maximum Gasteiger partial charge on any atom is 0.261 e. The molecule has 1 N–H and O–H groups in total. The molecule has 94 valence electrons. The van der Waals surface area contributed by atoms with Crippen LogP contribution in [0.4, 0.5) is 8.78 Å². The minimum atomic E-state index is -2.39. The van der Waals surface area contributed by atoms with Crippen LogP contribution < -0.4 is 5.32 Å². The van der Waals surface area contributed by atoms with Crippen LogP contribution in [0.1, 0.15) is 19.3 Å². The van der Waals surface area contributed by atoms with Crippen molar-refractivity contribution in [3.63, 3.8) is 0 Å². The number of hydrogen-bond donors (Lipinski definition) is 1. The van der Waals surface area contributed by atoms with Gasteiger partial charge in [-0.15, -0.1) is 0 Å². The smallest absolute Gasteiger partial charge is 0.261 e. The lowest BCUT2D eigenvalue weighted by Gasteiger charge is -2.23. The number of rotatable bonds is 7. The minimum Gasteiger partial charge on any atom is -0.497 e. The molecule has 0 aromatic carbocycles. The molecule has 0 fully saturated rings. The predicted octanol–water partition coefficient (Wildman–Crippen LogP) is 1.94. The fraction of sp³-hybridized carbons (Fsp3) is 0.818. The molecule has 0 spiro atoms. The van der Waals surface area contributed by atoms with E-state index < -0.39 is 13.0 Å². The third-order valence-electron chi connectivity index (χ3n) is 2.45. The van der Waals surface area contributed by atoms with Crippen LogP contribution in [-0.4, -0.2) is 39.3 Å². The standard InChI is InChI=1S/C11H19F2NO2/c1-14-9(5-7-15-8-11(12)13)10-4-2-3-6-16-10/h4,9,11,14H,2-3,5-8H2,1H3. The van der Waals surface area contributed by atoms with E-state index in [4.69, 9.17) is 9.47 Å². The van der Waals surface area contributed by atoms with Gasteiger partial charge in [0.25, 0.3) is 6.43 Å². The van der Waals surface area contributed by atoms with Gasteiger partial charge in [0.15, 0.2) is 0 Å². The molecule has 0 aromatic rings. The Hall–Kier alpha value is -0.680. The zero-order valence-corrected chi connectivity index (χ0v) is 9.55. The van der Waals surface area contributed by atoms with Crippen molar-refractivity contribution in [2.45, 2.75) is 31.7 Å². The van der Waals surface area contributed by atoms with Crippen LogP contribution in [0, 0.1) is 0 Å². The van der Waals surface area contributed by atoms with Gasteiger partial charge in [-0.05, 0) is 32.4 Å². The van der Waals surface area contributed by atoms with Crippen molar-refractivity contribution in [3.05, 3.63) is 11.8 Å². The maximum absolute atomic E-state index is 11.8. The molecule has 1 heterocycles. The molecule has 3 nitrogen and oxygen atoms in total. The summed E-state index contributed by atoms with van der Waals surface area (Å²) in [6.07, 6.45) is 2.37. The summed E-state index contributed by atoms with van der Waals surface area (Å²) in [6, 6.07) is 0.0676. The van der Waals surface area contributed by atoms with Crippen LogP contribution in [0.15, 0.2) is 11.8 Å². The van der Waals surface area contributed by atoms with E-state index in [1.807, 2.05) is 7.05 Å². The summed E-state index contributed by atoms with van der Waals surface area (Å²) in [7, 11) is 1.83. The molecule has 0 aliphatic carbocycles. The molecule has 16 heavy (non-hydrogen) atoms. The number of hydrogen-bond acceptors (Lipinski definition) is 3. The summed E-state index contributed by atoms with van der Waals surface area (Å²) >= 11 is 0. The Labute approximate surface area is 94.8 Å². The molecule has 1 atom stereocenters. The molecule has 0 bridgehead atoms. The lowest BCUT2D eigenvalue weighted by atomic mass is 10.1. The van der Waals surface area contributed by atoms with Crippen molar-refractivity contribution in [1.29, 1.82) is 0 Å². The highest BCUT2D eigenvalue weighted by molar-refractivity contribution is 5.05. The topological polar surface area (TPSA) is 30.5 Å². The van der Waals surface area contributed by atoms with Gasteiger partial charge in [0, 0.05) is 6.61 Å². The lowest BCUT2D eigenvalue weighted by Crippen LogP contribution is -2.31. The van der Waals surface area contributed by atoms with Crippen LogP contribution in [0.2, 0.25) is 0 Å². The molecule has 0 aromatic heterocycles. The Kier molecular flexibility index (Phi) is 6.33. The van der Waals surface area contributed by atoms with Crippen molar-refractivity contribution in [3.8, 4) is 0 Å². The molecule has 0 amide bonds. The average Bonchev–Trinajstić information content (AvgIpc) is 2.30. The second kappa shape index (κ2) is 7.57. The van der Waals surface area contributed by atoms with Crippen LogP contribution in [0.25, 0.3) is 0 Å². The monoisotopic (exact) mass is 235 g/mol. The number of ether oxygens (including phenoxy) is 2. The van der Waals surface area contributed by atoms with E-state index in [-0.39, 0.29) is 6.04 Å². The second-order valence-corrected chi connectivity index (χ2v) is 3.69. The van der Waals surface area contributed by atoms with Gasteiger partial charge in [-0.25, -0.2) is 8.78 Å². The molecule has 0 saturated heterocycles. The Balaban J connectivity index is 2.23. The van der Waals surface area contributed by atoms with Crippen LogP contribution >= 0.6 is 0 Å². The van der Waals surface area contributed by atoms with Gasteiger partial charge >= 0.3 is 0 Å². The number of nitrogens with one attached hydrogen (secondary N) is 1. The van der Waals surface area contributed by atoms with Crippen molar-refractivity contribution < 1.29 is 18.3 Å². The van der Waals surface area contributed by atoms with Gasteiger partial charge in [0.2, 0.25) is 0 Å². The van der Waals surface area contributed by atoms with Crippen molar-refractivity contribution in [1.82, 2.24) is 5.32 Å². The van der Waals surface area contributed by atoms with E-state index in [0.717, 1.165) is 25.2 Å². The molecule has 1 aliphatic heterocycles. The van der Waals surface area contributed by atoms with E-state index in [2.05, 4.69) is 11.4 Å². The Morgan fingerprint density at radius 3 is 2.94 bits per heavy atom. The minimum absolute atomic E-state index is 0.0676. The zero-order chi connectivity index (χ0) is 11.8. The van der Waals surface area contributed by atoms with Crippen LogP contribution in [0.3, 0.4) is 0 Å². The Morgan fingerprint density at radius 1 is 1.56 bits per heavy atom. The molecule has 1 rings (SSSR count). The second-order valence-electron chi connectivity index (χ2n) is 3.69. The predicted molar refractivity (Wildman–Crippen MR) is 57.6 cm³/mol. The highest BCUT2D eigenvalue weighted by Gasteiger charge is 2.16. The Bertz CT molecular complexity index is 222. The van der Waals surface area contributed by atoms with Gasteiger partial charge < -0.3 is 14.8 Å². The summed E-state index contributed by atoms with van der Waals surface area (Å²) in [5.74, 6) is 0.911. The van der Waals surface area contributed by atoms with E-state index in [0.29, 0.717) is 13.0 Å². The molecule has 0 saturated carbocycles. The van der Waals surface area contributed by atoms with Crippen LogP contribution in [-0.2, 0) is 9.47 Å². The molecule has 0 radical (unpaired) electrons. The maximum atomic E-state index is 11.8. The summed E-state index contributed by atoms with van der Waals surface area (Å²) < 4.78 is 34.0. The third-order valence-corrected chi connectivity index (χ3v) is 2.45. The quantitative estimate of drug-likeness (QED) is 0.684. The summed E-state index contributed by atoms with van der Waals surface area (Å²) in [4.78, 5) is 0. The van der Waals surface area contributed by atoms with Gasteiger partial charge in [-0.3, -0.25) is 0 Å². The highest BCUT2D eigenvalue weighted by atomic mass is 19.3. The number of allylic oxidation sites excluding steroid dienone is 1. The first-order valence-electron chi connectivity index (χ1n) is 5.60. The average molecular weight is 235 g/mol. The number of halogens is 2. The SMILES string of the molecule is CNC(CCOCC(F)F)C1=CCCCO1. The molecule has 5 heteroatoms. The van der Waals surface area contributed by atoms with E-state index in [1.54, 1.807) is 0 Å². The van der Waals surface area contributed by atoms with Crippen molar-refractivity contribution in [2.24, 2.45) is 0 Å². The third kappa shape index (κ3) is 4.90. The van der Waals surface area contributed by atoms with Crippen molar-refractivity contribution >= 4 is 0 Å².